The Morgan fingerprint density at radius 3 is 2.71 bits per heavy atom. The van der Waals surface area contributed by atoms with Gasteiger partial charge in [0.15, 0.2) is 11.0 Å². The van der Waals surface area contributed by atoms with Crippen LogP contribution in [0.2, 0.25) is 0 Å². The van der Waals surface area contributed by atoms with Gasteiger partial charge in [0.1, 0.15) is 17.3 Å². The number of amides is 1. The lowest BCUT2D eigenvalue weighted by molar-refractivity contribution is -0.118. The zero-order valence-corrected chi connectivity index (χ0v) is 16.7. The lowest BCUT2D eigenvalue weighted by atomic mass is 10.2. The quantitative estimate of drug-likeness (QED) is 0.355. The molecule has 0 saturated heterocycles. The van der Waals surface area contributed by atoms with Crippen molar-refractivity contribution in [2.75, 3.05) is 12.9 Å². The minimum atomic E-state index is -0.235. The number of carbonyl (C=O) groups is 1. The van der Waals surface area contributed by atoms with E-state index in [4.69, 9.17) is 9.15 Å². The number of benzene rings is 1. The molecule has 3 aromatic rings. The summed E-state index contributed by atoms with van der Waals surface area (Å²) < 4.78 is 12.5. The highest BCUT2D eigenvalue weighted by Gasteiger charge is 2.14. The van der Waals surface area contributed by atoms with Gasteiger partial charge in [0.05, 0.1) is 19.1 Å². The molecule has 0 radical (unpaired) electrons. The predicted octanol–water partition coefficient (Wildman–Crippen LogP) is 3.12. The van der Waals surface area contributed by atoms with Crippen LogP contribution in [0, 0.1) is 6.92 Å². The zero-order valence-electron chi connectivity index (χ0n) is 15.9. The molecule has 2 heterocycles. The first-order valence-corrected chi connectivity index (χ1v) is 9.68. The smallest absolute Gasteiger partial charge is 0.250 e. The van der Waals surface area contributed by atoms with E-state index < -0.39 is 0 Å². The molecule has 1 N–H and O–H groups in total. The number of aromatic nitrogens is 3. The number of hydrogen-bond donors (Lipinski definition) is 1. The maximum Gasteiger partial charge on any atom is 0.250 e. The number of aryl methyl sites for hydroxylation is 1. The van der Waals surface area contributed by atoms with Gasteiger partial charge in [0.2, 0.25) is 0 Å². The van der Waals surface area contributed by atoms with Gasteiger partial charge in [-0.1, -0.05) is 11.8 Å². The molecule has 1 amide bonds. The van der Waals surface area contributed by atoms with Crippen molar-refractivity contribution in [2.45, 2.75) is 25.5 Å². The number of thioether (sulfide) groups is 1. The molecule has 0 bridgehead atoms. The summed E-state index contributed by atoms with van der Waals surface area (Å²) in [6.07, 6.45) is 1.46. The second kappa shape index (κ2) is 9.23. The maximum atomic E-state index is 12.0. The van der Waals surface area contributed by atoms with Crippen molar-refractivity contribution in [1.29, 1.82) is 0 Å². The molecule has 0 saturated carbocycles. The second-order valence-corrected chi connectivity index (χ2v) is 6.75. The SMILES string of the molecule is CCn1c(SCC(=O)N/N=C/c2ccc(C)o2)nnc1-c1ccc(OC)cc1. The van der Waals surface area contributed by atoms with E-state index in [-0.39, 0.29) is 11.7 Å². The number of carbonyl (C=O) groups excluding carboxylic acids is 1. The summed E-state index contributed by atoms with van der Waals surface area (Å²) >= 11 is 1.31. The van der Waals surface area contributed by atoms with Crippen LogP contribution in [-0.2, 0) is 11.3 Å². The van der Waals surface area contributed by atoms with Crippen molar-refractivity contribution in [3.05, 3.63) is 47.9 Å². The summed E-state index contributed by atoms with van der Waals surface area (Å²) in [5, 5.41) is 13.1. The average Bonchev–Trinajstić information content (AvgIpc) is 3.32. The molecule has 8 nitrogen and oxygen atoms in total. The summed E-state index contributed by atoms with van der Waals surface area (Å²) in [7, 11) is 1.63. The molecule has 0 fully saturated rings. The molecular formula is C19H21N5O3S. The van der Waals surface area contributed by atoms with Gasteiger partial charge in [-0.15, -0.1) is 10.2 Å². The van der Waals surface area contributed by atoms with Crippen LogP contribution < -0.4 is 10.2 Å². The first-order valence-electron chi connectivity index (χ1n) is 8.69. The highest BCUT2D eigenvalue weighted by atomic mass is 32.2. The Balaban J connectivity index is 1.60. The third-order valence-corrected chi connectivity index (χ3v) is 4.82. The number of methoxy groups -OCH3 is 1. The van der Waals surface area contributed by atoms with E-state index >= 15 is 0 Å². The summed E-state index contributed by atoms with van der Waals surface area (Å²) in [4.78, 5) is 12.0. The highest BCUT2D eigenvalue weighted by molar-refractivity contribution is 7.99. The standard InChI is InChI=1S/C19H21N5O3S/c1-4-24-18(14-6-9-15(26-3)10-7-14)22-23-19(24)28-12-17(25)21-20-11-16-8-5-13(2)27-16/h5-11H,4,12H2,1-3H3,(H,21,25)/b20-11+. The van der Waals surface area contributed by atoms with Crippen LogP contribution in [-0.4, -0.2) is 39.7 Å². The molecule has 3 rings (SSSR count). The predicted molar refractivity (Wildman–Crippen MR) is 108 cm³/mol. The highest BCUT2D eigenvalue weighted by Crippen LogP contribution is 2.25. The summed E-state index contributed by atoms with van der Waals surface area (Å²) in [6.45, 7) is 4.54. The zero-order chi connectivity index (χ0) is 19.9. The third kappa shape index (κ3) is 4.80. The third-order valence-electron chi connectivity index (χ3n) is 3.86. The fraction of sp³-hybridized carbons (Fsp3) is 0.263. The van der Waals surface area contributed by atoms with Crippen LogP contribution in [0.15, 0.2) is 51.1 Å². The van der Waals surface area contributed by atoms with E-state index in [9.17, 15) is 4.79 Å². The number of furan rings is 1. The van der Waals surface area contributed by atoms with Crippen molar-refractivity contribution in [3.8, 4) is 17.1 Å². The minimum Gasteiger partial charge on any atom is -0.497 e. The summed E-state index contributed by atoms with van der Waals surface area (Å²) in [6, 6.07) is 11.2. The molecular weight excluding hydrogens is 378 g/mol. The van der Waals surface area contributed by atoms with Gasteiger partial charge < -0.3 is 13.7 Å². The number of ether oxygens (including phenoxy) is 1. The van der Waals surface area contributed by atoms with E-state index in [2.05, 4.69) is 20.7 Å². The number of nitrogens with zero attached hydrogens (tertiary/aromatic N) is 4. The van der Waals surface area contributed by atoms with Gasteiger partial charge >= 0.3 is 0 Å². The molecule has 28 heavy (non-hydrogen) atoms. The van der Waals surface area contributed by atoms with E-state index in [1.807, 2.05) is 48.7 Å². The molecule has 0 aliphatic carbocycles. The van der Waals surface area contributed by atoms with Crippen LogP contribution in [0.25, 0.3) is 11.4 Å². The fourth-order valence-corrected chi connectivity index (χ4v) is 3.28. The van der Waals surface area contributed by atoms with E-state index in [1.54, 1.807) is 13.2 Å². The number of hydrazone groups is 1. The first-order chi connectivity index (χ1) is 13.6. The number of hydrogen-bond acceptors (Lipinski definition) is 7. The van der Waals surface area contributed by atoms with Crippen LogP contribution in [0.4, 0.5) is 0 Å². The van der Waals surface area contributed by atoms with Crippen molar-refractivity contribution in [3.63, 3.8) is 0 Å². The Labute approximate surface area is 167 Å². The monoisotopic (exact) mass is 399 g/mol. The Morgan fingerprint density at radius 1 is 1.29 bits per heavy atom. The average molecular weight is 399 g/mol. The van der Waals surface area contributed by atoms with Gasteiger partial charge in [0.25, 0.3) is 5.91 Å². The molecule has 0 atom stereocenters. The van der Waals surface area contributed by atoms with Crippen LogP contribution in [0.1, 0.15) is 18.4 Å². The van der Waals surface area contributed by atoms with E-state index in [0.717, 1.165) is 22.9 Å². The maximum absolute atomic E-state index is 12.0. The second-order valence-electron chi connectivity index (χ2n) is 5.81. The molecule has 146 valence electrons. The van der Waals surface area contributed by atoms with Crippen LogP contribution in [0.5, 0.6) is 5.75 Å². The van der Waals surface area contributed by atoms with Crippen molar-refractivity contribution < 1.29 is 13.9 Å². The Bertz CT molecular complexity index is 962. The number of rotatable bonds is 8. The minimum absolute atomic E-state index is 0.176. The molecule has 9 heteroatoms. The van der Waals surface area contributed by atoms with Gasteiger partial charge in [-0.3, -0.25) is 4.79 Å². The van der Waals surface area contributed by atoms with Crippen LogP contribution >= 0.6 is 11.8 Å². The van der Waals surface area contributed by atoms with Crippen LogP contribution in [0.3, 0.4) is 0 Å². The van der Waals surface area contributed by atoms with Gasteiger partial charge in [-0.05, 0) is 50.2 Å². The van der Waals surface area contributed by atoms with Crippen molar-refractivity contribution in [1.82, 2.24) is 20.2 Å². The molecule has 2 aromatic heterocycles. The molecule has 0 aliphatic rings. The Kier molecular flexibility index (Phi) is 6.49. The molecule has 0 unspecified atom stereocenters. The lowest BCUT2D eigenvalue weighted by Gasteiger charge is -2.07. The topological polar surface area (TPSA) is 94.5 Å². The molecule has 0 spiro atoms. The van der Waals surface area contributed by atoms with Gasteiger partial charge in [-0.2, -0.15) is 5.10 Å². The van der Waals surface area contributed by atoms with E-state index in [0.29, 0.717) is 17.5 Å². The summed E-state index contributed by atoms with van der Waals surface area (Å²) in [5.41, 5.74) is 3.41. The Morgan fingerprint density at radius 2 is 2.07 bits per heavy atom. The first kappa shape index (κ1) is 19.7. The van der Waals surface area contributed by atoms with Gasteiger partial charge in [0, 0.05) is 12.1 Å². The number of nitrogens with one attached hydrogen (secondary N) is 1. The summed E-state index contributed by atoms with van der Waals surface area (Å²) in [5.74, 6) is 2.84. The largest absolute Gasteiger partial charge is 0.497 e. The molecule has 0 aliphatic heterocycles. The van der Waals surface area contributed by atoms with Crippen molar-refractivity contribution in [2.24, 2.45) is 5.10 Å². The lowest BCUT2D eigenvalue weighted by Crippen LogP contribution is -2.20. The van der Waals surface area contributed by atoms with Crippen molar-refractivity contribution >= 4 is 23.9 Å². The Hall–Kier alpha value is -3.07. The fourth-order valence-electron chi connectivity index (χ4n) is 2.49. The van der Waals surface area contributed by atoms with Gasteiger partial charge in [-0.25, -0.2) is 5.43 Å². The molecule has 1 aromatic carbocycles. The van der Waals surface area contributed by atoms with E-state index in [1.165, 1.54) is 18.0 Å². The normalized spacial score (nSPS) is 11.1.